The van der Waals surface area contributed by atoms with Gasteiger partial charge in [-0.25, -0.2) is 0 Å². The van der Waals surface area contributed by atoms with Crippen LogP contribution in [-0.4, -0.2) is 18.7 Å². The molecule has 0 aliphatic heterocycles. The van der Waals surface area contributed by atoms with Gasteiger partial charge in [-0.05, 0) is 48.9 Å². The summed E-state index contributed by atoms with van der Waals surface area (Å²) < 4.78 is 31.7. The van der Waals surface area contributed by atoms with Gasteiger partial charge in [-0.2, -0.15) is 13.5 Å². The van der Waals surface area contributed by atoms with E-state index in [1.165, 1.54) is 24.3 Å². The summed E-state index contributed by atoms with van der Waals surface area (Å²) in [6.45, 7) is 1.86. The van der Waals surface area contributed by atoms with Crippen LogP contribution in [0.4, 0.5) is 5.69 Å². The average molecular weight is 408 g/mol. The molecule has 0 aliphatic rings. The number of rotatable bonds is 4. The van der Waals surface area contributed by atoms with Crippen LogP contribution < -0.4 is 56.8 Å². The molecule has 2 aromatic rings. The Morgan fingerprint density at radius 2 is 1.82 bits per heavy atom. The van der Waals surface area contributed by atoms with Gasteiger partial charge in [0.1, 0.15) is 0 Å². The molecule has 0 bridgehead atoms. The first-order valence-corrected chi connectivity index (χ1v) is 8.23. The Hall–Kier alpha value is -0.0636. The van der Waals surface area contributed by atoms with Gasteiger partial charge in [0.2, 0.25) is 0 Å². The summed E-state index contributed by atoms with van der Waals surface area (Å²) in [7, 11) is -4.17. The van der Waals surface area contributed by atoms with Crippen LogP contribution in [0.15, 0.2) is 63.0 Å². The van der Waals surface area contributed by atoms with Crippen molar-refractivity contribution >= 4 is 37.4 Å². The molecular formula is C14H13BrKN2O3S+. The monoisotopic (exact) mass is 407 g/mol. The smallest absolute Gasteiger partial charge is 0.282 e. The van der Waals surface area contributed by atoms with E-state index in [-0.39, 0.29) is 56.3 Å². The number of anilines is 1. The van der Waals surface area contributed by atoms with Crippen LogP contribution >= 0.6 is 15.9 Å². The first-order chi connectivity index (χ1) is 9.86. The van der Waals surface area contributed by atoms with Gasteiger partial charge >= 0.3 is 51.4 Å². The van der Waals surface area contributed by atoms with E-state index in [9.17, 15) is 8.42 Å². The summed E-state index contributed by atoms with van der Waals surface area (Å²) in [5.41, 5.74) is 5.21. The Kier molecular flexibility index (Phi) is 7.90. The second-order valence-electron chi connectivity index (χ2n) is 4.32. The van der Waals surface area contributed by atoms with E-state index in [0.717, 1.165) is 15.7 Å². The number of nitrogens with one attached hydrogen (secondary N) is 1. The molecule has 0 amide bonds. The van der Waals surface area contributed by atoms with Crippen LogP contribution in [0.25, 0.3) is 0 Å². The van der Waals surface area contributed by atoms with Gasteiger partial charge in [0.15, 0.2) is 0 Å². The molecule has 110 valence electrons. The summed E-state index contributed by atoms with van der Waals surface area (Å²) in [6, 6.07) is 13.4. The Balaban J connectivity index is 0.00000242. The number of nitrogens with zero attached hydrogens (tertiary/aromatic N) is 1. The molecule has 22 heavy (non-hydrogen) atoms. The van der Waals surface area contributed by atoms with Crippen LogP contribution in [0.2, 0.25) is 0 Å². The molecule has 2 aromatic carbocycles. The van der Waals surface area contributed by atoms with E-state index in [1.807, 2.05) is 31.2 Å². The van der Waals surface area contributed by atoms with Gasteiger partial charge < -0.3 is 0 Å². The molecule has 5 nitrogen and oxygen atoms in total. The summed E-state index contributed by atoms with van der Waals surface area (Å²) in [4.78, 5) is -0.152. The van der Waals surface area contributed by atoms with Gasteiger partial charge in [-0.3, -0.25) is 9.98 Å². The molecule has 0 aromatic heterocycles. The molecule has 8 heteroatoms. The van der Waals surface area contributed by atoms with Crippen LogP contribution in [0, 0.1) is 0 Å². The first kappa shape index (κ1) is 20.0. The third-order valence-corrected chi connectivity index (χ3v) is 4.11. The second-order valence-corrected chi connectivity index (χ2v) is 6.66. The molecule has 0 saturated carbocycles. The minimum absolute atomic E-state index is 0. The normalized spacial score (nSPS) is 11.7. The maximum Gasteiger partial charge on any atom is 1.00 e. The van der Waals surface area contributed by atoms with E-state index in [2.05, 4.69) is 26.5 Å². The number of hydrogen-bond donors (Lipinski definition) is 2. The van der Waals surface area contributed by atoms with Gasteiger partial charge in [0.05, 0.1) is 16.3 Å². The zero-order chi connectivity index (χ0) is 15.5. The quantitative estimate of drug-likeness (QED) is 0.335. The summed E-state index contributed by atoms with van der Waals surface area (Å²) >= 11 is 3.40. The van der Waals surface area contributed by atoms with E-state index in [0.29, 0.717) is 5.69 Å². The van der Waals surface area contributed by atoms with Crippen LogP contribution in [-0.2, 0) is 10.1 Å². The standard InChI is InChI=1S/C14H13BrN2O3S.K/c1-10(11-3-2-4-12(15)9-11)16-17-13-5-7-14(8-6-13)21(18,19)20;/h2-9,17H,1H3,(H,18,19,20);/q;+1/b16-10+;. The van der Waals surface area contributed by atoms with Gasteiger partial charge in [0, 0.05) is 4.47 Å². The largest absolute Gasteiger partial charge is 1.00 e. The molecule has 0 unspecified atom stereocenters. The minimum atomic E-state index is -4.17. The molecule has 0 fully saturated rings. The van der Waals surface area contributed by atoms with Crippen molar-refractivity contribution < 1.29 is 64.4 Å². The van der Waals surface area contributed by atoms with Gasteiger partial charge in [-0.1, -0.05) is 28.1 Å². The van der Waals surface area contributed by atoms with Gasteiger partial charge in [0.25, 0.3) is 10.1 Å². The Bertz CT molecular complexity index is 777. The van der Waals surface area contributed by atoms with Crippen molar-refractivity contribution in [2.45, 2.75) is 11.8 Å². The average Bonchev–Trinajstić information content (AvgIpc) is 2.44. The number of hydrogen-bond acceptors (Lipinski definition) is 4. The van der Waals surface area contributed by atoms with Crippen LogP contribution in [0.5, 0.6) is 0 Å². The Labute approximate surface area is 180 Å². The predicted octanol–water partition coefficient (Wildman–Crippen LogP) is 0.536. The maximum absolute atomic E-state index is 10.9. The Morgan fingerprint density at radius 3 is 2.36 bits per heavy atom. The zero-order valence-electron chi connectivity index (χ0n) is 12.1. The number of benzene rings is 2. The Morgan fingerprint density at radius 1 is 1.18 bits per heavy atom. The fourth-order valence-corrected chi connectivity index (χ4v) is 2.51. The SMILES string of the molecule is C/C(=N\Nc1ccc(S(=O)(=O)O)cc1)c1cccc(Br)c1.[K+]. The zero-order valence-corrected chi connectivity index (χ0v) is 17.6. The molecular weight excluding hydrogens is 395 g/mol. The van der Waals surface area contributed by atoms with Crippen molar-refractivity contribution in [2.75, 3.05) is 5.43 Å². The van der Waals surface area contributed by atoms with Crippen molar-refractivity contribution in [1.29, 1.82) is 0 Å². The van der Waals surface area contributed by atoms with Crippen molar-refractivity contribution in [3.63, 3.8) is 0 Å². The fraction of sp³-hybridized carbons (Fsp3) is 0.0714. The van der Waals surface area contributed by atoms with E-state index >= 15 is 0 Å². The first-order valence-electron chi connectivity index (χ1n) is 6.00. The molecule has 0 atom stereocenters. The third kappa shape index (κ3) is 5.86. The predicted molar refractivity (Wildman–Crippen MR) is 86.2 cm³/mol. The fourth-order valence-electron chi connectivity index (χ4n) is 1.63. The van der Waals surface area contributed by atoms with Crippen LogP contribution in [0.1, 0.15) is 12.5 Å². The second kappa shape index (κ2) is 8.69. The van der Waals surface area contributed by atoms with Gasteiger partial charge in [-0.15, -0.1) is 0 Å². The molecule has 0 heterocycles. The maximum atomic E-state index is 10.9. The molecule has 0 spiro atoms. The summed E-state index contributed by atoms with van der Waals surface area (Å²) in [5, 5.41) is 4.23. The molecule has 0 radical (unpaired) electrons. The molecule has 0 saturated heterocycles. The topological polar surface area (TPSA) is 78.8 Å². The summed E-state index contributed by atoms with van der Waals surface area (Å²) in [6.07, 6.45) is 0. The van der Waals surface area contributed by atoms with E-state index < -0.39 is 10.1 Å². The molecule has 2 rings (SSSR count). The number of halogens is 1. The van der Waals surface area contributed by atoms with Crippen molar-refractivity contribution in [3.05, 3.63) is 58.6 Å². The van der Waals surface area contributed by atoms with E-state index in [4.69, 9.17) is 4.55 Å². The van der Waals surface area contributed by atoms with E-state index in [1.54, 1.807) is 0 Å². The summed E-state index contributed by atoms with van der Waals surface area (Å²) in [5.74, 6) is 0. The van der Waals surface area contributed by atoms with Crippen molar-refractivity contribution in [1.82, 2.24) is 0 Å². The minimum Gasteiger partial charge on any atom is -0.282 e. The van der Waals surface area contributed by atoms with Crippen molar-refractivity contribution in [3.8, 4) is 0 Å². The van der Waals surface area contributed by atoms with Crippen LogP contribution in [0.3, 0.4) is 0 Å². The molecule has 0 aliphatic carbocycles. The number of hydrazone groups is 1. The molecule has 2 N–H and O–H groups in total. The van der Waals surface area contributed by atoms with Crippen molar-refractivity contribution in [2.24, 2.45) is 5.10 Å². The third-order valence-electron chi connectivity index (χ3n) is 2.75.